The Kier molecular flexibility index (Phi) is 5.49. The van der Waals surface area contributed by atoms with E-state index < -0.39 is 0 Å². The average Bonchev–Trinajstić information content (AvgIpc) is 2.56. The lowest BCUT2D eigenvalue weighted by Gasteiger charge is -2.16. The van der Waals surface area contributed by atoms with Crippen LogP contribution in [0.4, 0.5) is 0 Å². The molecule has 0 amide bonds. The van der Waals surface area contributed by atoms with Crippen molar-refractivity contribution in [1.82, 2.24) is 15.1 Å². The maximum atomic E-state index is 5.56. The number of nitrogens with one attached hydrogen (secondary N) is 1. The fraction of sp³-hybridized carbons (Fsp3) is 0.750. The number of rotatable bonds is 7. The van der Waals surface area contributed by atoms with E-state index in [0.29, 0.717) is 6.04 Å². The lowest BCUT2D eigenvalue weighted by atomic mass is 10.1. The number of hydrogen-bond acceptors (Lipinski definition) is 3. The largest absolute Gasteiger partial charge is 0.380 e. The molecular weight excluding hydrogens is 202 g/mol. The Labute approximate surface area is 98.0 Å². The zero-order chi connectivity index (χ0) is 12.0. The molecule has 92 valence electrons. The second-order valence-corrected chi connectivity index (χ2v) is 4.17. The van der Waals surface area contributed by atoms with Gasteiger partial charge >= 0.3 is 0 Å². The molecule has 0 aromatic carbocycles. The first kappa shape index (κ1) is 13.2. The van der Waals surface area contributed by atoms with Crippen molar-refractivity contribution in [3.63, 3.8) is 0 Å². The van der Waals surface area contributed by atoms with E-state index in [0.717, 1.165) is 31.7 Å². The molecule has 0 fully saturated rings. The minimum atomic E-state index is 0.362. The van der Waals surface area contributed by atoms with Crippen LogP contribution in [0.5, 0.6) is 0 Å². The molecule has 0 spiro atoms. The highest BCUT2D eigenvalue weighted by atomic mass is 16.5. The Morgan fingerprint density at radius 3 is 2.81 bits per heavy atom. The van der Waals surface area contributed by atoms with E-state index in [1.165, 1.54) is 5.69 Å². The first-order valence-electron chi connectivity index (χ1n) is 5.91. The van der Waals surface area contributed by atoms with Gasteiger partial charge in [-0.25, -0.2) is 0 Å². The van der Waals surface area contributed by atoms with Crippen LogP contribution < -0.4 is 5.32 Å². The molecule has 0 aliphatic carbocycles. The van der Waals surface area contributed by atoms with Crippen molar-refractivity contribution in [3.8, 4) is 0 Å². The van der Waals surface area contributed by atoms with Crippen LogP contribution in [-0.4, -0.2) is 36.1 Å². The number of nitrogens with zero attached hydrogens (tertiary/aromatic N) is 2. The molecule has 1 atom stereocenters. The molecule has 1 heterocycles. The van der Waals surface area contributed by atoms with Crippen LogP contribution in [0.2, 0.25) is 0 Å². The Balaban J connectivity index is 2.46. The molecule has 1 unspecified atom stereocenters. The summed E-state index contributed by atoms with van der Waals surface area (Å²) in [6, 6.07) is 2.49. The number of likely N-dealkylation sites (N-methyl/N-ethyl adjacent to an activating group) is 1. The van der Waals surface area contributed by atoms with Crippen molar-refractivity contribution in [2.75, 3.05) is 20.3 Å². The molecule has 0 bridgehead atoms. The molecule has 4 heteroatoms. The fourth-order valence-electron chi connectivity index (χ4n) is 1.72. The van der Waals surface area contributed by atoms with Gasteiger partial charge in [-0.2, -0.15) is 5.10 Å². The van der Waals surface area contributed by atoms with E-state index in [1.54, 1.807) is 0 Å². The highest BCUT2D eigenvalue weighted by Gasteiger charge is 2.10. The first-order valence-corrected chi connectivity index (χ1v) is 5.91. The second-order valence-electron chi connectivity index (χ2n) is 4.17. The molecule has 0 aliphatic rings. The summed E-state index contributed by atoms with van der Waals surface area (Å²) in [5.41, 5.74) is 2.32. The van der Waals surface area contributed by atoms with Crippen LogP contribution in [0.15, 0.2) is 6.07 Å². The summed E-state index contributed by atoms with van der Waals surface area (Å²) in [4.78, 5) is 0. The summed E-state index contributed by atoms with van der Waals surface area (Å²) >= 11 is 0. The third kappa shape index (κ3) is 3.94. The number of ether oxygens (including phenoxy) is 1. The summed E-state index contributed by atoms with van der Waals surface area (Å²) in [6.45, 7) is 5.74. The molecule has 4 nitrogen and oxygen atoms in total. The van der Waals surface area contributed by atoms with Crippen molar-refractivity contribution in [2.45, 2.75) is 32.7 Å². The van der Waals surface area contributed by atoms with Crippen LogP contribution in [0, 0.1) is 6.92 Å². The van der Waals surface area contributed by atoms with Gasteiger partial charge in [-0.05, 0) is 26.5 Å². The molecule has 0 saturated heterocycles. The molecule has 1 N–H and O–H groups in total. The minimum absolute atomic E-state index is 0.362. The van der Waals surface area contributed by atoms with Gasteiger partial charge in [0.2, 0.25) is 0 Å². The monoisotopic (exact) mass is 225 g/mol. The zero-order valence-corrected chi connectivity index (χ0v) is 10.8. The van der Waals surface area contributed by atoms with Gasteiger partial charge in [-0.1, -0.05) is 6.92 Å². The zero-order valence-electron chi connectivity index (χ0n) is 10.8. The molecule has 1 aromatic heterocycles. The van der Waals surface area contributed by atoms with Crippen LogP contribution in [0.25, 0.3) is 0 Å². The summed E-state index contributed by atoms with van der Waals surface area (Å²) in [5, 5.41) is 7.62. The quantitative estimate of drug-likeness (QED) is 0.711. The van der Waals surface area contributed by atoms with Gasteiger partial charge in [0.05, 0.1) is 12.3 Å². The van der Waals surface area contributed by atoms with Crippen molar-refractivity contribution in [2.24, 2.45) is 7.05 Å². The lowest BCUT2D eigenvalue weighted by molar-refractivity contribution is 0.113. The van der Waals surface area contributed by atoms with E-state index in [-0.39, 0.29) is 0 Å². The minimum Gasteiger partial charge on any atom is -0.380 e. The number of aryl methyl sites for hydroxylation is 2. The maximum absolute atomic E-state index is 5.56. The van der Waals surface area contributed by atoms with Gasteiger partial charge in [-0.15, -0.1) is 0 Å². The standard InChI is InChI=1S/C12H23N3O/c1-5-6-16-9-11(13-3)8-12-7-10(2)14-15(12)4/h7,11,13H,5-6,8-9H2,1-4H3. The predicted molar refractivity (Wildman–Crippen MR) is 65.6 cm³/mol. The Hall–Kier alpha value is -0.870. The van der Waals surface area contributed by atoms with Crippen molar-refractivity contribution < 1.29 is 4.74 Å². The Morgan fingerprint density at radius 2 is 2.31 bits per heavy atom. The van der Waals surface area contributed by atoms with Crippen LogP contribution >= 0.6 is 0 Å². The van der Waals surface area contributed by atoms with Crippen LogP contribution in [-0.2, 0) is 18.2 Å². The lowest BCUT2D eigenvalue weighted by Crippen LogP contribution is -2.33. The smallest absolute Gasteiger partial charge is 0.0623 e. The van der Waals surface area contributed by atoms with Gasteiger partial charge in [0.1, 0.15) is 0 Å². The highest BCUT2D eigenvalue weighted by molar-refractivity contribution is 5.10. The van der Waals surface area contributed by atoms with Gasteiger partial charge in [0, 0.05) is 31.8 Å². The molecule has 16 heavy (non-hydrogen) atoms. The van der Waals surface area contributed by atoms with Gasteiger partial charge in [0.25, 0.3) is 0 Å². The van der Waals surface area contributed by atoms with Crippen LogP contribution in [0.1, 0.15) is 24.7 Å². The number of hydrogen-bond donors (Lipinski definition) is 1. The van der Waals surface area contributed by atoms with Gasteiger partial charge in [0.15, 0.2) is 0 Å². The second kappa shape index (κ2) is 6.66. The van der Waals surface area contributed by atoms with E-state index in [4.69, 9.17) is 4.74 Å². The highest BCUT2D eigenvalue weighted by Crippen LogP contribution is 2.05. The van der Waals surface area contributed by atoms with E-state index in [2.05, 4.69) is 23.4 Å². The SMILES string of the molecule is CCCOCC(Cc1cc(C)nn1C)NC. The third-order valence-corrected chi connectivity index (χ3v) is 2.63. The van der Waals surface area contributed by atoms with E-state index in [9.17, 15) is 0 Å². The molecule has 1 rings (SSSR count). The summed E-state index contributed by atoms with van der Waals surface area (Å²) in [6.07, 6.45) is 2.03. The van der Waals surface area contributed by atoms with Gasteiger partial charge in [-0.3, -0.25) is 4.68 Å². The van der Waals surface area contributed by atoms with E-state index >= 15 is 0 Å². The molecular formula is C12H23N3O. The summed E-state index contributed by atoms with van der Waals surface area (Å²) in [5.74, 6) is 0. The normalized spacial score (nSPS) is 13.0. The van der Waals surface area contributed by atoms with Crippen LogP contribution in [0.3, 0.4) is 0 Å². The maximum Gasteiger partial charge on any atom is 0.0623 e. The van der Waals surface area contributed by atoms with Gasteiger partial charge < -0.3 is 10.1 Å². The molecule has 0 aliphatic heterocycles. The Morgan fingerprint density at radius 1 is 1.56 bits per heavy atom. The average molecular weight is 225 g/mol. The molecule has 0 saturated carbocycles. The fourth-order valence-corrected chi connectivity index (χ4v) is 1.72. The number of aromatic nitrogens is 2. The predicted octanol–water partition coefficient (Wildman–Crippen LogP) is 1.29. The van der Waals surface area contributed by atoms with E-state index in [1.807, 2.05) is 25.7 Å². The first-order chi connectivity index (χ1) is 7.67. The molecule has 0 radical (unpaired) electrons. The Bertz CT molecular complexity index is 309. The topological polar surface area (TPSA) is 39.1 Å². The van der Waals surface area contributed by atoms with Crippen molar-refractivity contribution in [1.29, 1.82) is 0 Å². The summed E-state index contributed by atoms with van der Waals surface area (Å²) < 4.78 is 7.51. The van der Waals surface area contributed by atoms with Crippen molar-refractivity contribution in [3.05, 3.63) is 17.5 Å². The molecule has 1 aromatic rings. The third-order valence-electron chi connectivity index (χ3n) is 2.63. The summed E-state index contributed by atoms with van der Waals surface area (Å²) in [7, 11) is 3.96. The van der Waals surface area contributed by atoms with Crippen molar-refractivity contribution >= 4 is 0 Å².